The third-order valence-corrected chi connectivity index (χ3v) is 9.01. The number of aliphatic hydroxyl groups is 3. The number of carbonyl (C=O) groups excluding carboxylic acids is 1. The topological polar surface area (TPSA) is 96.2 Å². The molecule has 6 heteroatoms. The van der Waals surface area contributed by atoms with E-state index in [0.29, 0.717) is 18.4 Å². The molecule has 41 heavy (non-hydrogen) atoms. The second-order valence-corrected chi connectivity index (χ2v) is 13.0. The summed E-state index contributed by atoms with van der Waals surface area (Å²) >= 11 is 0. The van der Waals surface area contributed by atoms with E-state index in [2.05, 4.69) is 6.92 Å². The van der Waals surface area contributed by atoms with E-state index in [0.717, 1.165) is 57.8 Å². The molecule has 2 rings (SSSR count). The van der Waals surface area contributed by atoms with E-state index >= 15 is 0 Å². The van der Waals surface area contributed by atoms with Crippen molar-refractivity contribution in [2.45, 2.75) is 205 Å². The summed E-state index contributed by atoms with van der Waals surface area (Å²) in [6.45, 7) is 4.10. The van der Waals surface area contributed by atoms with Gasteiger partial charge in [-0.05, 0) is 32.3 Å². The van der Waals surface area contributed by atoms with Crippen molar-refractivity contribution in [3.05, 3.63) is 11.6 Å². The van der Waals surface area contributed by atoms with Crippen LogP contribution in [0.15, 0.2) is 11.6 Å². The lowest BCUT2D eigenvalue weighted by molar-refractivity contribution is -0.139. The van der Waals surface area contributed by atoms with Gasteiger partial charge in [0.15, 0.2) is 0 Å². The van der Waals surface area contributed by atoms with E-state index in [4.69, 9.17) is 9.47 Å². The summed E-state index contributed by atoms with van der Waals surface area (Å²) in [5, 5.41) is 31.3. The van der Waals surface area contributed by atoms with Gasteiger partial charge in [0.2, 0.25) is 0 Å². The third-order valence-electron chi connectivity index (χ3n) is 9.01. The average molecular weight is 581 g/mol. The summed E-state index contributed by atoms with van der Waals surface area (Å²) in [7, 11) is 0. The van der Waals surface area contributed by atoms with Crippen molar-refractivity contribution in [3.63, 3.8) is 0 Å². The first-order valence-electron chi connectivity index (χ1n) is 17.5. The molecule has 1 saturated heterocycles. The molecule has 6 atom stereocenters. The minimum absolute atomic E-state index is 0.131. The summed E-state index contributed by atoms with van der Waals surface area (Å²) in [6.07, 6.45) is 26.8. The van der Waals surface area contributed by atoms with Crippen LogP contribution in [0, 0.1) is 0 Å². The predicted molar refractivity (Wildman–Crippen MR) is 167 cm³/mol. The van der Waals surface area contributed by atoms with Gasteiger partial charge in [-0.3, -0.25) is 0 Å². The van der Waals surface area contributed by atoms with Crippen LogP contribution in [0.3, 0.4) is 0 Å². The summed E-state index contributed by atoms with van der Waals surface area (Å²) < 4.78 is 11.2. The van der Waals surface area contributed by atoms with Gasteiger partial charge in [0.25, 0.3) is 0 Å². The fourth-order valence-corrected chi connectivity index (χ4v) is 6.40. The van der Waals surface area contributed by atoms with Gasteiger partial charge in [-0.15, -0.1) is 0 Å². The number of aliphatic hydroxyl groups excluding tert-OH is 3. The Kier molecular flexibility index (Phi) is 20.0. The molecule has 0 aliphatic carbocycles. The van der Waals surface area contributed by atoms with Crippen LogP contribution >= 0.6 is 0 Å². The van der Waals surface area contributed by atoms with Gasteiger partial charge < -0.3 is 24.8 Å². The quantitative estimate of drug-likeness (QED) is 0.0707. The molecule has 0 radical (unpaired) electrons. The Morgan fingerprint density at radius 2 is 1.29 bits per heavy atom. The Morgan fingerprint density at radius 3 is 1.83 bits per heavy atom. The zero-order valence-electron chi connectivity index (χ0n) is 26.6. The fraction of sp³-hybridized carbons (Fsp3) is 0.914. The van der Waals surface area contributed by atoms with E-state index in [1.165, 1.54) is 83.5 Å². The van der Waals surface area contributed by atoms with Crippen molar-refractivity contribution < 1.29 is 29.6 Å². The van der Waals surface area contributed by atoms with Gasteiger partial charge in [-0.25, -0.2) is 4.79 Å². The van der Waals surface area contributed by atoms with Crippen molar-refractivity contribution in [2.24, 2.45) is 0 Å². The maximum atomic E-state index is 11.6. The SMILES string of the molecule is CCCCCCCCCCCCCC[C@H](O)[C@@H]1C[C@@H](O)[C@@H](CCCCCCCCC[C@@H](O)CC2=C[C@H](C)OC2=O)O1. The highest BCUT2D eigenvalue weighted by Gasteiger charge is 2.36. The summed E-state index contributed by atoms with van der Waals surface area (Å²) in [5.74, 6) is -0.284. The maximum absolute atomic E-state index is 11.6. The van der Waals surface area contributed by atoms with Crippen LogP contribution in [-0.4, -0.2) is 57.9 Å². The highest BCUT2D eigenvalue weighted by atomic mass is 16.5. The highest BCUT2D eigenvalue weighted by Crippen LogP contribution is 2.29. The Bertz CT molecular complexity index is 694. The van der Waals surface area contributed by atoms with Gasteiger partial charge in [0, 0.05) is 18.4 Å². The Labute approximate surface area is 251 Å². The molecular formula is C35H64O6. The zero-order chi connectivity index (χ0) is 29.7. The minimum Gasteiger partial charge on any atom is -0.455 e. The second kappa shape index (κ2) is 22.6. The van der Waals surface area contributed by atoms with E-state index < -0.39 is 18.3 Å². The summed E-state index contributed by atoms with van der Waals surface area (Å²) in [4.78, 5) is 11.6. The molecule has 6 nitrogen and oxygen atoms in total. The number of unbranched alkanes of at least 4 members (excludes halogenated alkanes) is 17. The van der Waals surface area contributed by atoms with E-state index in [1.54, 1.807) is 0 Å². The Morgan fingerprint density at radius 1 is 0.780 bits per heavy atom. The number of hydrogen-bond acceptors (Lipinski definition) is 6. The average Bonchev–Trinajstić information content (AvgIpc) is 3.47. The largest absolute Gasteiger partial charge is 0.455 e. The molecule has 0 aromatic carbocycles. The monoisotopic (exact) mass is 580 g/mol. The first-order valence-corrected chi connectivity index (χ1v) is 17.5. The highest BCUT2D eigenvalue weighted by molar-refractivity contribution is 5.90. The zero-order valence-corrected chi connectivity index (χ0v) is 26.6. The summed E-state index contributed by atoms with van der Waals surface area (Å²) in [5.41, 5.74) is 0.613. The van der Waals surface area contributed by atoms with Gasteiger partial charge in [0.05, 0.1) is 30.5 Å². The van der Waals surface area contributed by atoms with E-state index in [-0.39, 0.29) is 24.3 Å². The molecule has 1 fully saturated rings. The van der Waals surface area contributed by atoms with Gasteiger partial charge in [0.1, 0.15) is 6.10 Å². The van der Waals surface area contributed by atoms with E-state index in [1.807, 2.05) is 13.0 Å². The predicted octanol–water partition coefficient (Wildman–Crippen LogP) is 8.09. The van der Waals surface area contributed by atoms with Crippen molar-refractivity contribution in [2.75, 3.05) is 0 Å². The molecule has 0 aromatic heterocycles. The molecular weight excluding hydrogens is 516 g/mol. The fourth-order valence-electron chi connectivity index (χ4n) is 6.40. The molecule has 2 aliphatic rings. The smallest absolute Gasteiger partial charge is 0.334 e. The van der Waals surface area contributed by atoms with Crippen molar-refractivity contribution in [3.8, 4) is 0 Å². The maximum Gasteiger partial charge on any atom is 0.334 e. The number of cyclic esters (lactones) is 1. The van der Waals surface area contributed by atoms with Crippen LogP contribution in [0.25, 0.3) is 0 Å². The number of carbonyl (C=O) groups is 1. The van der Waals surface area contributed by atoms with Crippen LogP contribution in [-0.2, 0) is 14.3 Å². The standard InChI is InChI=1S/C35H64O6/c1-3-4-5-6-7-8-9-10-11-14-17-20-23-31(37)34-27-32(38)33(41-34)24-21-18-15-12-13-16-19-22-30(36)26-29-25-28(2)40-35(29)39/h25,28,30-34,36-38H,3-24,26-27H2,1-2H3/t28-,30+,31-,32+,33+,34-/m0/s1. The van der Waals surface area contributed by atoms with Gasteiger partial charge in [-0.2, -0.15) is 0 Å². The van der Waals surface area contributed by atoms with Crippen LogP contribution in [0.5, 0.6) is 0 Å². The molecule has 240 valence electrons. The van der Waals surface area contributed by atoms with Crippen LogP contribution in [0.4, 0.5) is 0 Å². The molecule has 0 unspecified atom stereocenters. The Balaban J connectivity index is 1.38. The van der Waals surface area contributed by atoms with Crippen LogP contribution in [0.2, 0.25) is 0 Å². The normalized spacial score (nSPS) is 24.0. The summed E-state index contributed by atoms with van der Waals surface area (Å²) in [6, 6.07) is 0. The molecule has 0 amide bonds. The lowest BCUT2D eigenvalue weighted by Crippen LogP contribution is -2.26. The Hall–Kier alpha value is -0.950. The first kappa shape index (κ1) is 36.2. The van der Waals surface area contributed by atoms with Gasteiger partial charge >= 0.3 is 5.97 Å². The number of ether oxygens (including phenoxy) is 2. The minimum atomic E-state index is -0.469. The number of rotatable bonds is 26. The van der Waals surface area contributed by atoms with Crippen molar-refractivity contribution in [1.82, 2.24) is 0 Å². The molecule has 2 heterocycles. The molecule has 0 saturated carbocycles. The third kappa shape index (κ3) is 16.5. The molecule has 0 aromatic rings. The van der Waals surface area contributed by atoms with E-state index in [9.17, 15) is 20.1 Å². The first-order chi connectivity index (χ1) is 19.9. The lowest BCUT2D eigenvalue weighted by atomic mass is 9.99. The van der Waals surface area contributed by atoms with Crippen molar-refractivity contribution >= 4 is 5.97 Å². The van der Waals surface area contributed by atoms with Gasteiger partial charge in [-0.1, -0.05) is 129 Å². The molecule has 3 N–H and O–H groups in total. The molecule has 0 bridgehead atoms. The molecule has 0 spiro atoms. The molecule has 2 aliphatic heterocycles. The lowest BCUT2D eigenvalue weighted by Gasteiger charge is -2.19. The van der Waals surface area contributed by atoms with Crippen molar-refractivity contribution in [1.29, 1.82) is 0 Å². The van der Waals surface area contributed by atoms with Crippen LogP contribution in [0.1, 0.15) is 168 Å². The van der Waals surface area contributed by atoms with Crippen LogP contribution < -0.4 is 0 Å². The number of hydrogen-bond donors (Lipinski definition) is 3. The number of esters is 1. The second-order valence-electron chi connectivity index (χ2n) is 13.0.